The van der Waals surface area contributed by atoms with Crippen molar-refractivity contribution in [3.63, 3.8) is 0 Å². The molecule has 10 nitrogen and oxygen atoms in total. The van der Waals surface area contributed by atoms with E-state index < -0.39 is 0 Å². The number of piperazine rings is 1. The van der Waals surface area contributed by atoms with E-state index in [0.717, 1.165) is 50.7 Å². The molecule has 3 N–H and O–H groups in total. The number of nitrogens with one attached hydrogen (secondary N) is 1. The van der Waals surface area contributed by atoms with Gasteiger partial charge in [0.1, 0.15) is 17.2 Å². The van der Waals surface area contributed by atoms with Crippen LogP contribution in [0.2, 0.25) is 0 Å². The van der Waals surface area contributed by atoms with Crippen LogP contribution in [0.3, 0.4) is 0 Å². The lowest BCUT2D eigenvalue weighted by Gasteiger charge is -2.43. The third kappa shape index (κ3) is 4.50. The zero-order chi connectivity index (χ0) is 23.1. The zero-order valence-electron chi connectivity index (χ0n) is 19.1. The second kappa shape index (κ2) is 9.47. The number of hydrogen-bond acceptors (Lipinski definition) is 9. The molecule has 2 fully saturated rings. The van der Waals surface area contributed by atoms with E-state index in [4.69, 9.17) is 15.5 Å². The highest BCUT2D eigenvalue weighted by molar-refractivity contribution is 5.73. The van der Waals surface area contributed by atoms with Gasteiger partial charge in [0.2, 0.25) is 0 Å². The Morgan fingerprint density at radius 3 is 2.46 bits per heavy atom. The molecular weight excluding hydrogens is 442 g/mol. The summed E-state index contributed by atoms with van der Waals surface area (Å²) in [6.45, 7) is 7.81. The van der Waals surface area contributed by atoms with Crippen molar-refractivity contribution in [1.29, 1.82) is 0 Å². The van der Waals surface area contributed by atoms with Crippen molar-refractivity contribution in [2.75, 3.05) is 55.3 Å². The Morgan fingerprint density at radius 1 is 1.00 bits per heavy atom. The van der Waals surface area contributed by atoms with Gasteiger partial charge in [-0.05, 0) is 31.2 Å². The van der Waals surface area contributed by atoms with Gasteiger partial charge in [-0.25, -0.2) is 15.0 Å². The van der Waals surface area contributed by atoms with Crippen LogP contribution in [0.5, 0.6) is 0 Å². The monoisotopic (exact) mass is 473 g/mol. The van der Waals surface area contributed by atoms with Crippen LogP contribution in [0.25, 0.3) is 17.0 Å². The number of benzene rings is 1. The van der Waals surface area contributed by atoms with E-state index in [9.17, 15) is 0 Å². The molecule has 0 radical (unpaired) electrons. The minimum Gasteiger partial charge on any atom is -0.382 e. The molecule has 4 aromatic rings. The number of aryl methyl sites for hydroxylation is 1. The summed E-state index contributed by atoms with van der Waals surface area (Å²) in [6.07, 6.45) is 7.20. The van der Waals surface area contributed by atoms with Gasteiger partial charge in [-0.2, -0.15) is 0 Å². The number of imidazole rings is 1. The van der Waals surface area contributed by atoms with Crippen LogP contribution in [0.15, 0.2) is 49.1 Å². The fourth-order valence-corrected chi connectivity index (χ4v) is 4.40. The third-order valence-electron chi connectivity index (χ3n) is 6.57. The molecule has 2 saturated heterocycles. The molecule has 0 amide bonds. The number of nitrogens with two attached hydrogens (primary N) is 1. The molecule has 0 aliphatic carbocycles. The molecule has 182 valence electrons. The number of nitrogen functional groups attached to an aromatic ring is 1. The Labute approximate surface area is 204 Å². The first-order chi connectivity index (χ1) is 16.6. The first-order valence-electron chi connectivity index (χ1n) is 11.5. The van der Waals surface area contributed by atoms with Gasteiger partial charge in [-0.15, -0.1) is 0 Å². The molecule has 0 bridgehead atoms. The van der Waals surface area contributed by atoms with Crippen LogP contribution in [0.4, 0.5) is 23.0 Å². The van der Waals surface area contributed by atoms with Crippen molar-refractivity contribution >= 4 is 28.7 Å². The molecule has 35 heavy (non-hydrogen) atoms. The third-order valence-corrected chi connectivity index (χ3v) is 6.57. The van der Waals surface area contributed by atoms with Crippen molar-refractivity contribution in [2.24, 2.45) is 0 Å². The lowest BCUT2D eigenvalue weighted by Crippen LogP contribution is -2.56. The number of fused-ring (bicyclic) bond motifs is 1. The Hall–Kier alpha value is -3.76. The van der Waals surface area contributed by atoms with E-state index in [0.29, 0.717) is 34.8 Å². The number of nitrogens with zero attached hydrogens (tertiary/aromatic N) is 7. The molecule has 10 heteroatoms. The van der Waals surface area contributed by atoms with Crippen molar-refractivity contribution in [3.8, 4) is 11.4 Å². The Bertz CT molecular complexity index is 1310. The van der Waals surface area contributed by atoms with Gasteiger partial charge >= 0.3 is 0 Å². The Balaban J connectivity index is 0.00000253. The van der Waals surface area contributed by atoms with Gasteiger partial charge < -0.3 is 25.1 Å². The summed E-state index contributed by atoms with van der Waals surface area (Å²) >= 11 is 0. The summed E-state index contributed by atoms with van der Waals surface area (Å²) in [6, 6.07) is 9.09. The zero-order valence-corrected chi connectivity index (χ0v) is 19.1. The van der Waals surface area contributed by atoms with Gasteiger partial charge in [0.05, 0.1) is 31.1 Å². The van der Waals surface area contributed by atoms with Gasteiger partial charge in [0.25, 0.3) is 0 Å². The predicted octanol–water partition coefficient (Wildman–Crippen LogP) is 2.98. The lowest BCUT2D eigenvalue weighted by molar-refractivity contribution is -0.0660. The fraction of sp³-hybridized carbons (Fsp3) is 0.360. The fourth-order valence-electron chi connectivity index (χ4n) is 4.40. The summed E-state index contributed by atoms with van der Waals surface area (Å²) in [5.41, 5.74) is 10.9. The largest absolute Gasteiger partial charge is 0.382 e. The average Bonchev–Trinajstić information content (AvgIpc) is 3.30. The number of aromatic nitrogens is 5. The summed E-state index contributed by atoms with van der Waals surface area (Å²) in [5.74, 6) is 1.05. The van der Waals surface area contributed by atoms with Crippen LogP contribution in [0.1, 0.15) is 13.1 Å². The topological polar surface area (TPSA) is 110 Å². The lowest BCUT2D eigenvalue weighted by atomic mass is 10.1. The Morgan fingerprint density at radius 2 is 1.77 bits per heavy atom. The van der Waals surface area contributed by atoms with Crippen molar-refractivity contribution < 1.29 is 4.74 Å². The van der Waals surface area contributed by atoms with Crippen molar-refractivity contribution in [3.05, 3.63) is 54.7 Å². The molecule has 2 aliphatic heterocycles. The SMILES string of the molecule is C.Cc1ncc(-c2cn3ccnc3c(Nc3ccc(N4CCN(C5COC5)CC4)cc3)n2)nc1N. The standard InChI is InChI=1S/C24H27N9O.CH4/c1-16-22(25)29-20(12-27-16)21-13-33-7-6-26-24(33)23(30-21)28-17-2-4-18(5-3-17)31-8-10-32(11-9-31)19-14-34-15-19;/h2-7,12-13,19H,8-11,14-15H2,1H3,(H2,25,29)(H,28,30);1H4. The molecule has 0 unspecified atom stereocenters. The van der Waals surface area contributed by atoms with Crippen molar-refractivity contribution in [1.82, 2.24) is 29.2 Å². The smallest absolute Gasteiger partial charge is 0.180 e. The van der Waals surface area contributed by atoms with Crippen LogP contribution < -0.4 is 16.0 Å². The van der Waals surface area contributed by atoms with Crippen LogP contribution in [-0.2, 0) is 4.74 Å². The highest BCUT2D eigenvalue weighted by Gasteiger charge is 2.28. The summed E-state index contributed by atoms with van der Waals surface area (Å²) < 4.78 is 7.26. The van der Waals surface area contributed by atoms with E-state index in [-0.39, 0.29) is 7.43 Å². The molecule has 0 atom stereocenters. The molecule has 2 aliphatic rings. The van der Waals surface area contributed by atoms with Crippen LogP contribution in [-0.4, -0.2) is 74.7 Å². The minimum atomic E-state index is 0. The summed E-state index contributed by atoms with van der Waals surface area (Å²) in [5, 5.41) is 3.42. The van der Waals surface area contributed by atoms with E-state index in [1.54, 1.807) is 12.4 Å². The molecule has 0 spiro atoms. The highest BCUT2D eigenvalue weighted by Crippen LogP contribution is 2.26. The molecule has 5 heterocycles. The van der Waals surface area contributed by atoms with E-state index >= 15 is 0 Å². The summed E-state index contributed by atoms with van der Waals surface area (Å²) in [4.78, 5) is 23.0. The van der Waals surface area contributed by atoms with E-state index in [1.807, 2.05) is 23.7 Å². The van der Waals surface area contributed by atoms with Gasteiger partial charge in [-0.1, -0.05) is 7.43 Å². The first kappa shape index (κ1) is 23.0. The molecule has 3 aromatic heterocycles. The number of ether oxygens (including phenoxy) is 1. The second-order valence-corrected chi connectivity index (χ2v) is 8.74. The maximum Gasteiger partial charge on any atom is 0.180 e. The molecule has 1 aromatic carbocycles. The van der Waals surface area contributed by atoms with Crippen LogP contribution in [0, 0.1) is 6.92 Å². The van der Waals surface area contributed by atoms with Crippen molar-refractivity contribution in [2.45, 2.75) is 20.4 Å². The predicted molar refractivity (Wildman–Crippen MR) is 138 cm³/mol. The normalized spacial score (nSPS) is 16.7. The maximum absolute atomic E-state index is 5.97. The number of hydrogen-bond donors (Lipinski definition) is 2. The number of rotatable bonds is 5. The van der Waals surface area contributed by atoms with Gasteiger partial charge in [0, 0.05) is 56.1 Å². The summed E-state index contributed by atoms with van der Waals surface area (Å²) in [7, 11) is 0. The average molecular weight is 474 g/mol. The molecule has 0 saturated carbocycles. The highest BCUT2D eigenvalue weighted by atomic mass is 16.5. The minimum absolute atomic E-state index is 0. The van der Waals surface area contributed by atoms with Gasteiger partial charge in [0.15, 0.2) is 11.5 Å². The number of anilines is 4. The van der Waals surface area contributed by atoms with E-state index in [2.05, 4.69) is 54.3 Å². The first-order valence-corrected chi connectivity index (χ1v) is 11.5. The quantitative estimate of drug-likeness (QED) is 0.452. The Kier molecular flexibility index (Phi) is 6.23. The van der Waals surface area contributed by atoms with Gasteiger partial charge in [-0.3, -0.25) is 9.88 Å². The second-order valence-electron chi connectivity index (χ2n) is 8.74. The van der Waals surface area contributed by atoms with E-state index in [1.165, 1.54) is 5.69 Å². The molecular formula is C25H31N9O. The maximum atomic E-state index is 5.97. The van der Waals surface area contributed by atoms with Crippen LogP contribution >= 0.6 is 0 Å². The molecule has 6 rings (SSSR count).